The van der Waals surface area contributed by atoms with Crippen molar-refractivity contribution in [1.29, 1.82) is 0 Å². The third-order valence-electron chi connectivity index (χ3n) is 2.02. The van der Waals surface area contributed by atoms with E-state index in [9.17, 15) is 0 Å². The van der Waals surface area contributed by atoms with Crippen molar-refractivity contribution in [1.82, 2.24) is 0 Å². The first kappa shape index (κ1) is 5.67. The minimum absolute atomic E-state index is 1.36. The first-order chi connectivity index (χ1) is 5.42. The van der Waals surface area contributed by atoms with Gasteiger partial charge in [0, 0.05) is 9.79 Å². The van der Waals surface area contributed by atoms with E-state index in [2.05, 4.69) is 36.4 Å². The average molecular weight is 158 g/mol. The molecule has 0 unspecified atom stereocenters. The summed E-state index contributed by atoms with van der Waals surface area (Å²) >= 11 is 1.84. The summed E-state index contributed by atoms with van der Waals surface area (Å²) in [4.78, 5) is 2.72. The van der Waals surface area contributed by atoms with E-state index in [0.29, 0.717) is 0 Å². The van der Waals surface area contributed by atoms with Crippen LogP contribution < -0.4 is 0 Å². The third-order valence-corrected chi connectivity index (χ3v) is 3.00. The van der Waals surface area contributed by atoms with Crippen molar-refractivity contribution in [3.63, 3.8) is 0 Å². The zero-order valence-corrected chi connectivity index (χ0v) is 6.69. The van der Waals surface area contributed by atoms with E-state index in [-0.39, 0.29) is 0 Å². The Labute approximate surface area is 69.2 Å². The maximum Gasteiger partial charge on any atom is 0.0128 e. The normalized spacial score (nSPS) is 13.1. The number of hydrogen-bond donors (Lipinski definition) is 0. The molecule has 2 aromatic carbocycles. The monoisotopic (exact) mass is 158 g/mol. The minimum atomic E-state index is 1.36. The maximum atomic E-state index is 2.24. The summed E-state index contributed by atoms with van der Waals surface area (Å²) in [5.74, 6) is 0. The van der Waals surface area contributed by atoms with Crippen LogP contribution in [0, 0.1) is 0 Å². The summed E-state index contributed by atoms with van der Waals surface area (Å²) in [6, 6.07) is 13.2. The number of rotatable bonds is 0. The SMILES string of the molecule is c1cc2cc3ccc2cc1S3. The molecule has 0 saturated heterocycles. The first-order valence-corrected chi connectivity index (χ1v) is 4.45. The van der Waals surface area contributed by atoms with Gasteiger partial charge < -0.3 is 0 Å². The van der Waals surface area contributed by atoms with Crippen molar-refractivity contribution < 1.29 is 0 Å². The lowest BCUT2D eigenvalue weighted by Gasteiger charge is -1.91. The number of hydrogen-bond acceptors (Lipinski definition) is 1. The first-order valence-electron chi connectivity index (χ1n) is 3.63. The Balaban J connectivity index is 2.65. The van der Waals surface area contributed by atoms with E-state index in [1.165, 1.54) is 20.6 Å². The van der Waals surface area contributed by atoms with E-state index in [1.54, 1.807) is 0 Å². The molecule has 3 aliphatic rings. The molecule has 0 fully saturated rings. The summed E-state index contributed by atoms with van der Waals surface area (Å²) in [7, 11) is 0. The number of fused-ring (bicyclic) bond motifs is 2. The van der Waals surface area contributed by atoms with Gasteiger partial charge in [0.2, 0.25) is 0 Å². The zero-order chi connectivity index (χ0) is 7.26. The van der Waals surface area contributed by atoms with E-state index in [1.807, 2.05) is 11.8 Å². The second kappa shape index (κ2) is 1.80. The van der Waals surface area contributed by atoms with Gasteiger partial charge in [0.1, 0.15) is 0 Å². The van der Waals surface area contributed by atoms with E-state index in [4.69, 9.17) is 0 Å². The summed E-state index contributed by atoms with van der Waals surface area (Å²) < 4.78 is 0. The fourth-order valence-corrected chi connectivity index (χ4v) is 2.38. The zero-order valence-electron chi connectivity index (χ0n) is 5.87. The van der Waals surface area contributed by atoms with Gasteiger partial charge in [-0.2, -0.15) is 0 Å². The van der Waals surface area contributed by atoms with Crippen LogP contribution in [0.3, 0.4) is 0 Å². The van der Waals surface area contributed by atoms with Gasteiger partial charge in [-0.3, -0.25) is 0 Å². The standard InChI is InChI=1S/C10H6S/c1-3-9-6-8-2-4-10(11-9)5-7(1)8/h1-6H. The van der Waals surface area contributed by atoms with Crippen LogP contribution in [0.4, 0.5) is 0 Å². The highest BCUT2D eigenvalue weighted by Gasteiger charge is 2.05. The van der Waals surface area contributed by atoms with Gasteiger partial charge in [-0.25, -0.2) is 0 Å². The Bertz CT molecular complexity index is 391. The van der Waals surface area contributed by atoms with Crippen LogP contribution in [-0.2, 0) is 0 Å². The second-order valence-electron chi connectivity index (χ2n) is 2.77. The van der Waals surface area contributed by atoms with Crippen molar-refractivity contribution in [3.05, 3.63) is 36.4 Å². The Morgan fingerprint density at radius 3 is 1.82 bits per heavy atom. The molecule has 0 saturated carbocycles. The molecule has 0 amide bonds. The lowest BCUT2D eigenvalue weighted by Crippen LogP contribution is -1.66. The Morgan fingerprint density at radius 1 is 0.727 bits per heavy atom. The van der Waals surface area contributed by atoms with Crippen molar-refractivity contribution in [2.75, 3.05) is 0 Å². The van der Waals surface area contributed by atoms with Crippen molar-refractivity contribution in [3.8, 4) is 0 Å². The van der Waals surface area contributed by atoms with Gasteiger partial charge in [-0.1, -0.05) is 23.9 Å². The lowest BCUT2D eigenvalue weighted by atomic mass is 10.1. The molecule has 0 N–H and O–H groups in total. The lowest BCUT2D eigenvalue weighted by molar-refractivity contribution is 1.52. The van der Waals surface area contributed by atoms with Crippen LogP contribution >= 0.6 is 11.8 Å². The molecule has 52 valence electrons. The molecule has 0 nitrogen and oxygen atoms in total. The van der Waals surface area contributed by atoms with Crippen LogP contribution in [0.15, 0.2) is 46.2 Å². The number of benzene rings is 2. The molecule has 3 heterocycles. The molecule has 4 bridgehead atoms. The molecule has 5 rings (SSSR count). The van der Waals surface area contributed by atoms with Crippen LogP contribution in [0.5, 0.6) is 0 Å². The predicted octanol–water partition coefficient (Wildman–Crippen LogP) is 3.30. The van der Waals surface area contributed by atoms with Crippen molar-refractivity contribution in [2.45, 2.75) is 9.79 Å². The van der Waals surface area contributed by atoms with Crippen molar-refractivity contribution >= 4 is 22.5 Å². The summed E-state index contributed by atoms with van der Waals surface area (Å²) in [6.07, 6.45) is 0. The van der Waals surface area contributed by atoms with E-state index < -0.39 is 0 Å². The highest BCUT2D eigenvalue weighted by molar-refractivity contribution is 7.99. The maximum absolute atomic E-state index is 2.24. The predicted molar refractivity (Wildman–Crippen MR) is 48.1 cm³/mol. The fraction of sp³-hybridized carbons (Fsp3) is 0. The molecule has 0 radical (unpaired) electrons. The summed E-state index contributed by atoms with van der Waals surface area (Å²) in [6.45, 7) is 0. The molecule has 1 heteroatoms. The molecule has 0 aliphatic carbocycles. The van der Waals surface area contributed by atoms with Crippen LogP contribution in [0.1, 0.15) is 0 Å². The van der Waals surface area contributed by atoms with Crippen molar-refractivity contribution in [2.24, 2.45) is 0 Å². The highest BCUT2D eigenvalue weighted by atomic mass is 32.2. The molecule has 0 atom stereocenters. The van der Waals surface area contributed by atoms with Crippen LogP contribution in [-0.4, -0.2) is 0 Å². The average Bonchev–Trinajstić information content (AvgIpc) is 2.37. The quantitative estimate of drug-likeness (QED) is 0.483. The molecule has 11 heavy (non-hydrogen) atoms. The fourth-order valence-electron chi connectivity index (χ4n) is 1.46. The molecule has 3 aliphatic heterocycles. The Morgan fingerprint density at radius 2 is 1.27 bits per heavy atom. The summed E-state index contributed by atoms with van der Waals surface area (Å²) in [5.41, 5.74) is 0. The van der Waals surface area contributed by atoms with Gasteiger partial charge in [0.25, 0.3) is 0 Å². The van der Waals surface area contributed by atoms with E-state index in [0.717, 1.165) is 0 Å². The highest BCUT2D eigenvalue weighted by Crippen LogP contribution is 2.36. The van der Waals surface area contributed by atoms with Crippen LogP contribution in [0.25, 0.3) is 10.8 Å². The molecule has 0 spiro atoms. The van der Waals surface area contributed by atoms with Gasteiger partial charge >= 0.3 is 0 Å². The van der Waals surface area contributed by atoms with Gasteiger partial charge in [-0.15, -0.1) is 0 Å². The topological polar surface area (TPSA) is 0 Å². The smallest absolute Gasteiger partial charge is 0.0128 e. The molecular weight excluding hydrogens is 152 g/mol. The minimum Gasteiger partial charge on any atom is -0.0901 e. The largest absolute Gasteiger partial charge is 0.0901 e. The Hall–Kier alpha value is -0.950. The van der Waals surface area contributed by atoms with Gasteiger partial charge in [0.15, 0.2) is 0 Å². The molecule has 0 aromatic heterocycles. The summed E-state index contributed by atoms with van der Waals surface area (Å²) in [5, 5.41) is 2.72. The molecular formula is C10H6S. The van der Waals surface area contributed by atoms with E-state index >= 15 is 0 Å². The Kier molecular flexibility index (Phi) is 0.928. The second-order valence-corrected chi connectivity index (χ2v) is 3.92. The van der Waals surface area contributed by atoms with Crippen LogP contribution in [0.2, 0.25) is 0 Å². The molecule has 2 aromatic rings. The van der Waals surface area contributed by atoms with Gasteiger partial charge in [-0.05, 0) is 35.0 Å². The van der Waals surface area contributed by atoms with Gasteiger partial charge in [0.05, 0.1) is 0 Å². The third kappa shape index (κ3) is 0.717.